The van der Waals surface area contributed by atoms with Crippen molar-refractivity contribution >= 4 is 28.1 Å². The molecule has 10 heteroatoms. The molecule has 0 aliphatic rings. The molecule has 0 saturated heterocycles. The Kier molecular flexibility index (Phi) is 5.93. The minimum absolute atomic E-state index is 0.157. The zero-order valence-electron chi connectivity index (χ0n) is 21.1. The lowest BCUT2D eigenvalue weighted by atomic mass is 9.99. The van der Waals surface area contributed by atoms with E-state index < -0.39 is 0 Å². The summed E-state index contributed by atoms with van der Waals surface area (Å²) in [6, 6.07) is 17.7. The highest BCUT2D eigenvalue weighted by molar-refractivity contribution is 5.96. The highest BCUT2D eigenvalue weighted by Gasteiger charge is 2.17. The highest BCUT2D eigenvalue weighted by atomic mass is 16.3. The summed E-state index contributed by atoms with van der Waals surface area (Å²) in [7, 11) is 0. The van der Waals surface area contributed by atoms with Gasteiger partial charge in [0.25, 0.3) is 5.95 Å². The maximum absolute atomic E-state index is 9.46. The largest absolute Gasteiger partial charge is 0.399 e. The molecule has 10 nitrogen and oxygen atoms in total. The van der Waals surface area contributed by atoms with Gasteiger partial charge in [-0.25, -0.2) is 4.68 Å². The first kappa shape index (κ1) is 23.6. The number of aliphatic hydroxyl groups is 1. The van der Waals surface area contributed by atoms with Gasteiger partial charge in [-0.3, -0.25) is 4.98 Å². The van der Waals surface area contributed by atoms with Gasteiger partial charge in [0.15, 0.2) is 5.65 Å². The molecule has 4 heterocycles. The number of nitrogens with zero attached hydrogens (tertiary/aromatic N) is 7. The number of nitrogens with one attached hydrogen (secondary N) is 1. The summed E-state index contributed by atoms with van der Waals surface area (Å²) in [5.41, 5.74) is 11.9. The fraction of sp³-hybridized carbons (Fsp3) is 0.179. The molecular weight excluding hydrogens is 478 g/mol. The molecule has 0 bridgehead atoms. The van der Waals surface area contributed by atoms with E-state index in [2.05, 4.69) is 41.5 Å². The predicted octanol–water partition coefficient (Wildman–Crippen LogP) is 4.34. The average molecular weight is 506 g/mol. The third-order valence-corrected chi connectivity index (χ3v) is 6.51. The van der Waals surface area contributed by atoms with Crippen molar-refractivity contribution in [3.63, 3.8) is 0 Å². The second-order valence-electron chi connectivity index (χ2n) is 9.40. The zero-order valence-corrected chi connectivity index (χ0v) is 21.1. The molecule has 6 aromatic rings. The Morgan fingerprint density at radius 3 is 2.74 bits per heavy atom. The molecule has 0 fully saturated rings. The summed E-state index contributed by atoms with van der Waals surface area (Å²) < 4.78 is 3.28. The van der Waals surface area contributed by atoms with Crippen LogP contribution in [0.1, 0.15) is 36.6 Å². The highest BCUT2D eigenvalue weighted by Crippen LogP contribution is 2.31. The van der Waals surface area contributed by atoms with Crippen molar-refractivity contribution in [2.75, 3.05) is 11.1 Å². The van der Waals surface area contributed by atoms with Crippen LogP contribution in [0, 0.1) is 0 Å². The van der Waals surface area contributed by atoms with Crippen LogP contribution in [0.15, 0.2) is 73.2 Å². The molecule has 6 rings (SSSR count). The Morgan fingerprint density at radius 2 is 1.92 bits per heavy atom. The summed E-state index contributed by atoms with van der Waals surface area (Å²) in [6.07, 6.45) is 5.37. The van der Waals surface area contributed by atoms with E-state index >= 15 is 0 Å². The lowest BCUT2D eigenvalue weighted by Crippen LogP contribution is -2.13. The molecule has 0 unspecified atom stereocenters. The number of nitrogen functional groups attached to an aromatic ring is 1. The van der Waals surface area contributed by atoms with Crippen LogP contribution in [0.3, 0.4) is 0 Å². The van der Waals surface area contributed by atoms with Crippen molar-refractivity contribution in [3.8, 4) is 17.2 Å². The molecule has 4 N–H and O–H groups in total. The van der Waals surface area contributed by atoms with Gasteiger partial charge < -0.3 is 16.2 Å². The molecule has 0 radical (unpaired) electrons. The minimum Gasteiger partial charge on any atom is -0.399 e. The predicted molar refractivity (Wildman–Crippen MR) is 147 cm³/mol. The topological polar surface area (TPSA) is 132 Å². The van der Waals surface area contributed by atoms with Crippen LogP contribution in [-0.2, 0) is 13.2 Å². The van der Waals surface area contributed by atoms with E-state index in [1.54, 1.807) is 21.5 Å². The normalized spacial score (nSPS) is 11.6. The molecule has 4 aromatic heterocycles. The molecule has 0 aliphatic carbocycles. The SMILES string of the molecule is CC(C)c1cnn2c(NCc3ccccc3-c3nccc4cc(N)ccc34)nc(-n3ccc(CO)n3)nc12. The molecule has 190 valence electrons. The summed E-state index contributed by atoms with van der Waals surface area (Å²) in [4.78, 5) is 14.2. The lowest BCUT2D eigenvalue weighted by molar-refractivity contribution is 0.276. The quantitative estimate of drug-likeness (QED) is 0.273. The molecule has 2 aromatic carbocycles. The summed E-state index contributed by atoms with van der Waals surface area (Å²) in [6.45, 7) is 4.53. The fourth-order valence-corrected chi connectivity index (χ4v) is 4.56. The van der Waals surface area contributed by atoms with Gasteiger partial charge in [-0.15, -0.1) is 0 Å². The van der Waals surface area contributed by atoms with Crippen LogP contribution in [-0.4, -0.2) is 39.5 Å². The second-order valence-corrected chi connectivity index (χ2v) is 9.40. The van der Waals surface area contributed by atoms with E-state index in [-0.39, 0.29) is 12.5 Å². The molecule has 0 spiro atoms. The Balaban J connectivity index is 1.41. The third kappa shape index (κ3) is 4.20. The Hall–Kier alpha value is -4.83. The van der Waals surface area contributed by atoms with Gasteiger partial charge in [0.1, 0.15) is 0 Å². The van der Waals surface area contributed by atoms with Gasteiger partial charge in [0.2, 0.25) is 5.95 Å². The van der Waals surface area contributed by atoms with Crippen molar-refractivity contribution < 1.29 is 5.11 Å². The maximum atomic E-state index is 9.46. The van der Waals surface area contributed by atoms with E-state index in [0.29, 0.717) is 29.8 Å². The standard InChI is InChI=1S/C28H27N9O/c1-17(2)24-15-32-37-26(24)33-28(36-12-10-21(16-38)35-36)34-27(37)31-14-19-5-3-4-6-22(19)25-23-8-7-20(29)13-18(23)9-11-30-25/h3-13,15,17,38H,14,16,29H2,1-2H3,(H,31,33,34). The van der Waals surface area contributed by atoms with Crippen molar-refractivity contribution in [3.05, 3.63) is 90.0 Å². The van der Waals surface area contributed by atoms with Crippen molar-refractivity contribution in [2.45, 2.75) is 32.9 Å². The smallest absolute Gasteiger partial charge is 0.255 e. The van der Waals surface area contributed by atoms with Crippen molar-refractivity contribution in [1.29, 1.82) is 0 Å². The van der Waals surface area contributed by atoms with Crippen LogP contribution in [0.4, 0.5) is 11.6 Å². The first-order valence-electron chi connectivity index (χ1n) is 12.4. The van der Waals surface area contributed by atoms with Gasteiger partial charge >= 0.3 is 0 Å². The minimum atomic E-state index is -0.157. The van der Waals surface area contributed by atoms with Crippen LogP contribution in [0.5, 0.6) is 0 Å². The molecular formula is C28H27N9O. The number of pyridine rings is 1. The fourth-order valence-electron chi connectivity index (χ4n) is 4.56. The van der Waals surface area contributed by atoms with Crippen molar-refractivity contribution in [2.24, 2.45) is 0 Å². The number of rotatable bonds is 7. The van der Waals surface area contributed by atoms with Crippen LogP contribution < -0.4 is 11.1 Å². The Labute approximate surface area is 218 Å². The number of nitrogens with two attached hydrogens (primary N) is 1. The Bertz CT molecular complexity index is 1770. The van der Waals surface area contributed by atoms with E-state index in [1.165, 1.54) is 0 Å². The van der Waals surface area contributed by atoms with Crippen LogP contribution in [0.25, 0.3) is 33.6 Å². The summed E-state index contributed by atoms with van der Waals surface area (Å²) >= 11 is 0. The average Bonchev–Trinajstić information content (AvgIpc) is 3.59. The molecule has 0 amide bonds. The van der Waals surface area contributed by atoms with Gasteiger partial charge in [-0.2, -0.15) is 24.7 Å². The lowest BCUT2D eigenvalue weighted by Gasteiger charge is -2.14. The molecule has 0 aliphatic heterocycles. The summed E-state index contributed by atoms with van der Waals surface area (Å²) in [5.74, 6) is 1.15. The number of aliphatic hydroxyl groups excluding tert-OH is 1. The Morgan fingerprint density at radius 1 is 1.05 bits per heavy atom. The number of hydrogen-bond acceptors (Lipinski definition) is 8. The second kappa shape index (κ2) is 9.56. The van der Waals surface area contributed by atoms with Crippen molar-refractivity contribution in [1.82, 2.24) is 34.3 Å². The van der Waals surface area contributed by atoms with E-state index in [9.17, 15) is 5.11 Å². The van der Waals surface area contributed by atoms with Gasteiger partial charge in [0.05, 0.1) is 24.2 Å². The van der Waals surface area contributed by atoms with E-state index in [4.69, 9.17) is 20.7 Å². The first-order chi connectivity index (χ1) is 18.5. The van der Waals surface area contributed by atoms with E-state index in [1.807, 2.05) is 48.8 Å². The molecule has 0 atom stereocenters. The third-order valence-electron chi connectivity index (χ3n) is 6.51. The zero-order chi connectivity index (χ0) is 26.2. The van der Waals surface area contributed by atoms with E-state index in [0.717, 1.165) is 38.8 Å². The first-order valence-corrected chi connectivity index (χ1v) is 12.4. The number of hydrogen-bond donors (Lipinski definition) is 3. The summed E-state index contributed by atoms with van der Waals surface area (Å²) in [5, 5.41) is 24.0. The number of fused-ring (bicyclic) bond motifs is 2. The van der Waals surface area contributed by atoms with Gasteiger partial charge in [-0.05, 0) is 41.1 Å². The molecule has 38 heavy (non-hydrogen) atoms. The number of benzene rings is 2. The van der Waals surface area contributed by atoms with Crippen LogP contribution in [0.2, 0.25) is 0 Å². The van der Waals surface area contributed by atoms with Gasteiger partial charge in [-0.1, -0.05) is 44.2 Å². The maximum Gasteiger partial charge on any atom is 0.255 e. The molecule has 0 saturated carbocycles. The monoisotopic (exact) mass is 505 g/mol. The van der Waals surface area contributed by atoms with Gasteiger partial charge in [0, 0.05) is 41.1 Å². The van der Waals surface area contributed by atoms with Crippen LogP contribution >= 0.6 is 0 Å². The number of anilines is 2. The number of aromatic nitrogens is 7.